The summed E-state index contributed by atoms with van der Waals surface area (Å²) in [7, 11) is 0. The van der Waals surface area contributed by atoms with Crippen molar-refractivity contribution >= 4 is 17.6 Å². The molecule has 0 saturated carbocycles. The molecule has 0 spiro atoms. The van der Waals surface area contributed by atoms with Gasteiger partial charge in [-0.15, -0.1) is 0 Å². The van der Waals surface area contributed by atoms with Crippen LogP contribution in [0.3, 0.4) is 0 Å². The van der Waals surface area contributed by atoms with Gasteiger partial charge in [0.25, 0.3) is 0 Å². The van der Waals surface area contributed by atoms with Crippen LogP contribution in [0.2, 0.25) is 0 Å². The van der Waals surface area contributed by atoms with E-state index >= 15 is 0 Å². The number of imidazole rings is 1. The molecule has 35 heavy (non-hydrogen) atoms. The number of Topliss-reactive ketones (excluding diaryl/α,β-unsaturated/α-hetero) is 1. The van der Waals surface area contributed by atoms with Crippen LogP contribution in [-0.4, -0.2) is 51.6 Å². The Morgan fingerprint density at radius 1 is 1.14 bits per heavy atom. The fraction of sp³-hybridized carbons (Fsp3) is 0.556. The molecule has 2 N–H and O–H groups in total. The number of nitrogens with zero attached hydrogens (tertiary/aromatic N) is 2. The number of carbonyl (C=O) groups is 3. The van der Waals surface area contributed by atoms with Gasteiger partial charge in [-0.1, -0.05) is 26.8 Å². The third-order valence-corrected chi connectivity index (χ3v) is 6.49. The maximum Gasteiger partial charge on any atom is 0.225 e. The zero-order valence-electron chi connectivity index (χ0n) is 21.2. The smallest absolute Gasteiger partial charge is 0.225 e. The maximum absolute atomic E-state index is 14.4. The number of aryl methyl sites for hydroxylation is 1. The van der Waals surface area contributed by atoms with Crippen LogP contribution in [0.15, 0.2) is 24.4 Å². The number of aromatic nitrogens is 2. The summed E-state index contributed by atoms with van der Waals surface area (Å²) in [6.07, 6.45) is 4.59. The number of rotatable bonds is 11. The summed E-state index contributed by atoms with van der Waals surface area (Å²) < 4.78 is 14.4. The van der Waals surface area contributed by atoms with E-state index in [1.165, 1.54) is 6.07 Å². The van der Waals surface area contributed by atoms with Crippen LogP contribution in [0.25, 0.3) is 11.3 Å². The highest BCUT2D eigenvalue weighted by molar-refractivity contribution is 5.93. The molecular formula is C27H37FN4O3. The van der Waals surface area contributed by atoms with E-state index in [4.69, 9.17) is 0 Å². The van der Waals surface area contributed by atoms with E-state index in [1.54, 1.807) is 17.2 Å². The number of benzene rings is 1. The Morgan fingerprint density at radius 3 is 2.51 bits per heavy atom. The minimum atomic E-state index is -0.866. The molecule has 0 radical (unpaired) electrons. The number of ketones is 1. The number of amides is 2. The SMILES string of the molecule is Cc1ccc(-c2cnc([C@H](C)CC(=O)[C@H](CC(=O)N3CCCC3)NC(=O)CCC(C)C)[nH]2)c(F)c1. The van der Waals surface area contributed by atoms with Gasteiger partial charge in [-0.05, 0) is 49.8 Å². The number of hydrogen-bond donors (Lipinski definition) is 2. The Hall–Kier alpha value is -3.03. The molecule has 2 heterocycles. The summed E-state index contributed by atoms with van der Waals surface area (Å²) in [5, 5.41) is 2.81. The molecule has 0 bridgehead atoms. The summed E-state index contributed by atoms with van der Waals surface area (Å²) in [5.74, 6) is -0.226. The first-order valence-corrected chi connectivity index (χ1v) is 12.5. The van der Waals surface area contributed by atoms with Crippen molar-refractivity contribution in [3.63, 3.8) is 0 Å². The molecule has 2 amide bonds. The van der Waals surface area contributed by atoms with Gasteiger partial charge >= 0.3 is 0 Å². The molecule has 7 nitrogen and oxygen atoms in total. The minimum Gasteiger partial charge on any atom is -0.346 e. The molecule has 1 aliphatic rings. The number of aromatic amines is 1. The third kappa shape index (κ3) is 7.47. The summed E-state index contributed by atoms with van der Waals surface area (Å²) in [6, 6.07) is 4.13. The second kappa shape index (κ2) is 12.1. The molecule has 0 unspecified atom stereocenters. The van der Waals surface area contributed by atoms with Gasteiger partial charge in [0.1, 0.15) is 11.6 Å². The van der Waals surface area contributed by atoms with Gasteiger partial charge in [-0.2, -0.15) is 0 Å². The van der Waals surface area contributed by atoms with Crippen LogP contribution in [0.5, 0.6) is 0 Å². The average Bonchev–Trinajstić information content (AvgIpc) is 3.50. The van der Waals surface area contributed by atoms with Crippen molar-refractivity contribution in [1.82, 2.24) is 20.2 Å². The Bertz CT molecular complexity index is 1040. The fourth-order valence-electron chi connectivity index (χ4n) is 4.31. The van der Waals surface area contributed by atoms with Gasteiger partial charge in [0.2, 0.25) is 11.8 Å². The molecule has 1 aromatic heterocycles. The van der Waals surface area contributed by atoms with Gasteiger partial charge in [-0.25, -0.2) is 9.37 Å². The second-order valence-electron chi connectivity index (χ2n) is 10.1. The van der Waals surface area contributed by atoms with Crippen molar-refractivity contribution in [2.75, 3.05) is 13.1 Å². The number of hydrogen-bond acceptors (Lipinski definition) is 4. The summed E-state index contributed by atoms with van der Waals surface area (Å²) >= 11 is 0. The van der Waals surface area contributed by atoms with E-state index in [0.29, 0.717) is 48.9 Å². The standard InChI is InChI=1S/C27H37FN4O3/c1-17(2)7-10-25(34)30-22(15-26(35)32-11-5-6-12-32)24(33)14-19(4)27-29-16-23(31-27)20-9-8-18(3)13-21(20)28/h8-9,13,16-17,19,22H,5-7,10-12,14-15H2,1-4H3,(H,29,31)(H,30,34)/t19-,22+/m1/s1. The monoisotopic (exact) mass is 484 g/mol. The van der Waals surface area contributed by atoms with Crippen molar-refractivity contribution < 1.29 is 18.8 Å². The van der Waals surface area contributed by atoms with Gasteiger partial charge < -0.3 is 15.2 Å². The minimum absolute atomic E-state index is 0.0308. The molecule has 3 rings (SSSR count). The number of likely N-dealkylation sites (tertiary alicyclic amines) is 1. The van der Waals surface area contributed by atoms with E-state index < -0.39 is 6.04 Å². The number of nitrogens with one attached hydrogen (secondary N) is 2. The summed E-state index contributed by atoms with van der Waals surface area (Å²) in [6.45, 7) is 9.14. The maximum atomic E-state index is 14.4. The van der Waals surface area contributed by atoms with Crippen LogP contribution in [0.4, 0.5) is 4.39 Å². The lowest BCUT2D eigenvalue weighted by molar-refractivity contribution is -0.135. The largest absolute Gasteiger partial charge is 0.346 e. The van der Waals surface area contributed by atoms with Crippen molar-refractivity contribution in [1.29, 1.82) is 0 Å². The number of H-pyrrole nitrogens is 1. The van der Waals surface area contributed by atoms with E-state index in [9.17, 15) is 18.8 Å². The molecule has 1 saturated heterocycles. The van der Waals surface area contributed by atoms with Gasteiger partial charge in [-0.3, -0.25) is 14.4 Å². The molecular weight excluding hydrogens is 447 g/mol. The van der Waals surface area contributed by atoms with Gasteiger partial charge in [0.15, 0.2) is 5.78 Å². The van der Waals surface area contributed by atoms with Crippen molar-refractivity contribution in [2.45, 2.75) is 78.2 Å². The molecule has 2 atom stereocenters. The van der Waals surface area contributed by atoms with Crippen LogP contribution >= 0.6 is 0 Å². The topological polar surface area (TPSA) is 95.2 Å². The predicted octanol–water partition coefficient (Wildman–Crippen LogP) is 4.52. The predicted molar refractivity (Wildman–Crippen MR) is 133 cm³/mol. The molecule has 2 aromatic rings. The Balaban J connectivity index is 1.68. The number of halogens is 1. The first-order valence-electron chi connectivity index (χ1n) is 12.5. The second-order valence-corrected chi connectivity index (χ2v) is 10.1. The highest BCUT2D eigenvalue weighted by atomic mass is 19.1. The lowest BCUT2D eigenvalue weighted by Gasteiger charge is -2.22. The van der Waals surface area contributed by atoms with Gasteiger partial charge in [0.05, 0.1) is 24.4 Å². The van der Waals surface area contributed by atoms with E-state index in [2.05, 4.69) is 15.3 Å². The Labute approximate surface area is 206 Å². The average molecular weight is 485 g/mol. The first kappa shape index (κ1) is 26.6. The zero-order valence-corrected chi connectivity index (χ0v) is 21.2. The van der Waals surface area contributed by atoms with Crippen LogP contribution in [0.1, 0.15) is 76.6 Å². The normalized spacial score (nSPS) is 15.3. The van der Waals surface area contributed by atoms with E-state index in [1.807, 2.05) is 33.8 Å². The van der Waals surface area contributed by atoms with Crippen molar-refractivity contribution in [2.24, 2.45) is 5.92 Å². The molecule has 1 aromatic carbocycles. The number of carbonyl (C=O) groups excluding carboxylic acids is 3. The molecule has 1 fully saturated rings. The van der Waals surface area contributed by atoms with Crippen LogP contribution < -0.4 is 5.32 Å². The van der Waals surface area contributed by atoms with Crippen LogP contribution in [0, 0.1) is 18.7 Å². The summed E-state index contributed by atoms with van der Waals surface area (Å²) in [4.78, 5) is 47.7. The molecule has 190 valence electrons. The van der Waals surface area contributed by atoms with Crippen LogP contribution in [-0.2, 0) is 14.4 Å². The Kier molecular flexibility index (Phi) is 9.18. The molecule has 8 heteroatoms. The van der Waals surface area contributed by atoms with Gasteiger partial charge in [0, 0.05) is 37.4 Å². The third-order valence-electron chi connectivity index (χ3n) is 6.49. The van der Waals surface area contributed by atoms with E-state index in [-0.39, 0.29) is 42.2 Å². The fourth-order valence-corrected chi connectivity index (χ4v) is 4.31. The summed E-state index contributed by atoms with van der Waals surface area (Å²) in [5.41, 5.74) is 1.79. The lowest BCUT2D eigenvalue weighted by Crippen LogP contribution is -2.45. The Morgan fingerprint density at radius 2 is 1.86 bits per heavy atom. The highest BCUT2D eigenvalue weighted by Gasteiger charge is 2.29. The zero-order chi connectivity index (χ0) is 25.5. The van der Waals surface area contributed by atoms with Crippen molar-refractivity contribution in [3.05, 3.63) is 41.6 Å². The molecule has 0 aliphatic carbocycles. The lowest BCUT2D eigenvalue weighted by atomic mass is 9.97. The molecule has 1 aliphatic heterocycles. The van der Waals surface area contributed by atoms with E-state index in [0.717, 1.165) is 18.4 Å². The quantitative estimate of drug-likeness (QED) is 0.490. The first-order chi connectivity index (χ1) is 16.6. The van der Waals surface area contributed by atoms with Crippen molar-refractivity contribution in [3.8, 4) is 11.3 Å². The highest BCUT2D eigenvalue weighted by Crippen LogP contribution is 2.25.